The molecule has 1 atom stereocenters. The lowest BCUT2D eigenvalue weighted by Gasteiger charge is -2.38. The van der Waals surface area contributed by atoms with E-state index < -0.39 is 33.1 Å². The third-order valence-electron chi connectivity index (χ3n) is 4.16. The molecule has 0 aromatic heterocycles. The first-order valence-electron chi connectivity index (χ1n) is 6.09. The summed E-state index contributed by atoms with van der Waals surface area (Å²) in [5, 5.41) is 32.7. The summed E-state index contributed by atoms with van der Waals surface area (Å²) in [5.74, 6) is 0.104. The monoisotopic (exact) mass is 274 g/mol. The fourth-order valence-electron chi connectivity index (χ4n) is 3.05. The third kappa shape index (κ3) is 1.96. The number of hydrogen-bond donors (Lipinski definition) is 0. The lowest BCUT2D eigenvalue weighted by atomic mass is 9.83. The van der Waals surface area contributed by atoms with Crippen LogP contribution in [0.25, 0.3) is 0 Å². The molecule has 1 heterocycles. The number of hydrogen-bond acceptors (Lipinski definition) is 6. The van der Waals surface area contributed by atoms with E-state index >= 15 is 0 Å². The molecule has 10 heteroatoms. The van der Waals surface area contributed by atoms with Gasteiger partial charge in [-0.05, 0) is 12.3 Å². The van der Waals surface area contributed by atoms with Gasteiger partial charge in [-0.3, -0.25) is 20.2 Å². The fraction of sp³-hybridized carbons (Fsp3) is 1.00. The van der Waals surface area contributed by atoms with Gasteiger partial charge < -0.3 is 0 Å². The summed E-state index contributed by atoms with van der Waals surface area (Å²) in [6.07, 6.45) is 3.74. The van der Waals surface area contributed by atoms with E-state index in [-0.39, 0.29) is 12.3 Å². The van der Waals surface area contributed by atoms with E-state index in [0.717, 1.165) is 25.7 Å². The van der Waals surface area contributed by atoms with Gasteiger partial charge in [-0.15, -0.1) is 0 Å². The summed E-state index contributed by atoms with van der Waals surface area (Å²) in [4.78, 5) is 30.8. The van der Waals surface area contributed by atoms with Crippen molar-refractivity contribution in [2.75, 3.05) is 6.54 Å². The van der Waals surface area contributed by atoms with Crippen molar-refractivity contribution in [1.82, 2.24) is 5.01 Å². The molecule has 19 heavy (non-hydrogen) atoms. The van der Waals surface area contributed by atoms with Crippen LogP contribution in [-0.4, -0.2) is 38.1 Å². The maximum absolute atomic E-state index is 11.0. The molecule has 1 saturated carbocycles. The lowest BCUT2D eigenvalue weighted by Crippen LogP contribution is -2.78. The first kappa shape index (κ1) is 13.4. The Labute approximate surface area is 107 Å². The van der Waals surface area contributed by atoms with Gasteiger partial charge in [0.1, 0.15) is 9.85 Å². The second kappa shape index (κ2) is 4.59. The molecule has 2 fully saturated rings. The summed E-state index contributed by atoms with van der Waals surface area (Å²) in [7, 11) is 0. The number of hydrazine groups is 1. The lowest BCUT2D eigenvalue weighted by molar-refractivity contribution is -0.863. The zero-order valence-corrected chi connectivity index (χ0v) is 10.1. The minimum atomic E-state index is -2.42. The summed E-state index contributed by atoms with van der Waals surface area (Å²) >= 11 is 0. The van der Waals surface area contributed by atoms with Crippen molar-refractivity contribution >= 4 is 0 Å². The van der Waals surface area contributed by atoms with Gasteiger partial charge in [0.05, 0.1) is 0 Å². The van der Waals surface area contributed by atoms with E-state index in [1.54, 1.807) is 0 Å². The van der Waals surface area contributed by atoms with Gasteiger partial charge in [0.15, 0.2) is 5.03 Å². The van der Waals surface area contributed by atoms with Crippen molar-refractivity contribution < 1.29 is 14.9 Å². The standard InChI is InChI=1S/C9H14N4O6/c14-11(15)9(12(16)17)6-10(13(18)19)8(9)5-7-3-1-2-4-7/h7-8H,1-6H2. The van der Waals surface area contributed by atoms with Crippen molar-refractivity contribution in [2.24, 2.45) is 5.92 Å². The Hall–Kier alpha value is -2.00. The Morgan fingerprint density at radius 1 is 1.05 bits per heavy atom. The van der Waals surface area contributed by atoms with E-state index in [1.165, 1.54) is 0 Å². The SMILES string of the molecule is O=[N+]([O-])N1CC([N+](=O)[O-])([N+](=O)[O-])C1CC1CCCC1. The molecule has 0 amide bonds. The van der Waals surface area contributed by atoms with Crippen molar-refractivity contribution in [3.8, 4) is 0 Å². The van der Waals surface area contributed by atoms with Crippen molar-refractivity contribution in [3.05, 3.63) is 30.3 Å². The van der Waals surface area contributed by atoms with E-state index in [1.807, 2.05) is 0 Å². The first-order valence-corrected chi connectivity index (χ1v) is 6.09. The molecular weight excluding hydrogens is 260 g/mol. The maximum atomic E-state index is 11.0. The van der Waals surface area contributed by atoms with E-state index in [4.69, 9.17) is 0 Å². The molecule has 1 aliphatic carbocycles. The zero-order valence-electron chi connectivity index (χ0n) is 10.1. The number of nitrogens with zero attached hydrogens (tertiary/aromatic N) is 4. The summed E-state index contributed by atoms with van der Waals surface area (Å²) in [5.41, 5.74) is -2.42. The average molecular weight is 274 g/mol. The van der Waals surface area contributed by atoms with Crippen LogP contribution in [-0.2, 0) is 0 Å². The highest BCUT2D eigenvalue weighted by Gasteiger charge is 2.78. The minimum Gasteiger partial charge on any atom is -0.258 e. The van der Waals surface area contributed by atoms with Gasteiger partial charge in [-0.25, -0.2) is 10.1 Å². The quantitative estimate of drug-likeness (QED) is 0.409. The molecule has 0 N–H and O–H groups in total. The molecular formula is C9H14N4O6. The van der Waals surface area contributed by atoms with E-state index in [9.17, 15) is 30.3 Å². The van der Waals surface area contributed by atoms with Crippen LogP contribution in [0.1, 0.15) is 32.1 Å². The molecule has 1 unspecified atom stereocenters. The highest BCUT2D eigenvalue weighted by atomic mass is 16.7. The molecule has 0 spiro atoms. The summed E-state index contributed by atoms with van der Waals surface area (Å²) in [6, 6.07) is -1.25. The average Bonchev–Trinajstić information content (AvgIpc) is 2.76. The molecule has 0 bridgehead atoms. The van der Waals surface area contributed by atoms with Gasteiger partial charge >= 0.3 is 5.66 Å². The van der Waals surface area contributed by atoms with Crippen LogP contribution in [0.2, 0.25) is 0 Å². The van der Waals surface area contributed by atoms with Crippen LogP contribution in [0.5, 0.6) is 0 Å². The van der Waals surface area contributed by atoms with Crippen LogP contribution in [0, 0.1) is 36.3 Å². The largest absolute Gasteiger partial charge is 0.505 e. The number of nitro groups is 3. The molecule has 2 rings (SSSR count). The van der Waals surface area contributed by atoms with E-state index in [0.29, 0.717) is 5.01 Å². The molecule has 10 nitrogen and oxygen atoms in total. The normalized spacial score (nSPS) is 25.9. The van der Waals surface area contributed by atoms with Gasteiger partial charge in [-0.2, -0.15) is 0 Å². The van der Waals surface area contributed by atoms with Gasteiger partial charge in [0.25, 0.3) is 0 Å². The Balaban J connectivity index is 2.21. The highest BCUT2D eigenvalue weighted by molar-refractivity contribution is 4.96. The van der Waals surface area contributed by atoms with Crippen LogP contribution >= 0.6 is 0 Å². The molecule has 1 aliphatic heterocycles. The molecule has 0 aromatic carbocycles. The van der Waals surface area contributed by atoms with Gasteiger partial charge in [-0.1, -0.05) is 30.7 Å². The van der Waals surface area contributed by atoms with Crippen molar-refractivity contribution in [1.29, 1.82) is 0 Å². The number of rotatable bonds is 5. The smallest absolute Gasteiger partial charge is 0.258 e. The van der Waals surface area contributed by atoms with Crippen molar-refractivity contribution in [3.63, 3.8) is 0 Å². The summed E-state index contributed by atoms with van der Waals surface area (Å²) in [6.45, 7) is -0.766. The van der Waals surface area contributed by atoms with Crippen LogP contribution < -0.4 is 0 Å². The fourth-order valence-corrected chi connectivity index (χ4v) is 3.05. The van der Waals surface area contributed by atoms with Crippen LogP contribution in [0.3, 0.4) is 0 Å². The second-order valence-corrected chi connectivity index (χ2v) is 5.13. The van der Waals surface area contributed by atoms with E-state index in [2.05, 4.69) is 0 Å². The topological polar surface area (TPSA) is 133 Å². The summed E-state index contributed by atoms with van der Waals surface area (Å²) < 4.78 is 0. The second-order valence-electron chi connectivity index (χ2n) is 5.13. The maximum Gasteiger partial charge on any atom is 0.505 e. The third-order valence-corrected chi connectivity index (χ3v) is 4.16. The Morgan fingerprint density at radius 2 is 1.58 bits per heavy atom. The Morgan fingerprint density at radius 3 is 2.00 bits per heavy atom. The predicted molar refractivity (Wildman–Crippen MR) is 60.8 cm³/mol. The van der Waals surface area contributed by atoms with Crippen molar-refractivity contribution in [2.45, 2.75) is 43.8 Å². The molecule has 0 radical (unpaired) electrons. The zero-order chi connectivity index (χ0) is 14.2. The highest BCUT2D eigenvalue weighted by Crippen LogP contribution is 2.40. The minimum absolute atomic E-state index is 0.104. The van der Waals surface area contributed by atoms with Crippen LogP contribution in [0.4, 0.5) is 0 Å². The van der Waals surface area contributed by atoms with Gasteiger partial charge in [0.2, 0.25) is 12.6 Å². The first-order chi connectivity index (χ1) is 8.89. The predicted octanol–water partition coefficient (Wildman–Crippen LogP) is 0.692. The Bertz CT molecular complexity index is 407. The molecule has 1 saturated heterocycles. The molecule has 106 valence electrons. The molecule has 2 aliphatic rings. The molecule has 0 aromatic rings. The van der Waals surface area contributed by atoms with Gasteiger partial charge in [0, 0.05) is 0 Å². The Kier molecular flexibility index (Phi) is 3.25. The van der Waals surface area contributed by atoms with Crippen LogP contribution in [0.15, 0.2) is 0 Å².